The van der Waals surface area contributed by atoms with Gasteiger partial charge >= 0.3 is 0 Å². The zero-order valence-electron chi connectivity index (χ0n) is 19.7. The van der Waals surface area contributed by atoms with Gasteiger partial charge in [-0.15, -0.1) is 0 Å². The molecular formula is C28H22N2O5S. The number of ether oxygens (including phenoxy) is 2. The third kappa shape index (κ3) is 3.53. The van der Waals surface area contributed by atoms with Gasteiger partial charge in [-0.25, -0.2) is 4.98 Å². The quantitative estimate of drug-likeness (QED) is 0.288. The molecule has 6 rings (SSSR count). The summed E-state index contributed by atoms with van der Waals surface area (Å²) in [6.45, 7) is 4.94. The Labute approximate surface area is 210 Å². The monoisotopic (exact) mass is 498 g/mol. The summed E-state index contributed by atoms with van der Waals surface area (Å²) >= 11 is 1.37. The zero-order chi connectivity index (χ0) is 24.8. The van der Waals surface area contributed by atoms with Crippen molar-refractivity contribution in [3.05, 3.63) is 93.8 Å². The number of rotatable bonds is 6. The minimum Gasteiger partial charge on any atom is -0.494 e. The number of hydrogen-bond acceptors (Lipinski definition) is 7. The predicted octanol–water partition coefficient (Wildman–Crippen LogP) is 5.95. The molecule has 36 heavy (non-hydrogen) atoms. The summed E-state index contributed by atoms with van der Waals surface area (Å²) in [5.41, 5.74) is 1.99. The SMILES string of the molecule is CCOc1ccc([C@H]2c3c(oc4ccccc4c3=O)C(=O)N2c2nc3ccc(OCC)cc3s2)cc1. The second kappa shape index (κ2) is 8.80. The maximum Gasteiger partial charge on any atom is 0.297 e. The largest absolute Gasteiger partial charge is 0.494 e. The van der Waals surface area contributed by atoms with Crippen molar-refractivity contribution in [3.63, 3.8) is 0 Å². The van der Waals surface area contributed by atoms with E-state index in [0.29, 0.717) is 40.6 Å². The lowest BCUT2D eigenvalue weighted by Crippen LogP contribution is -2.29. The normalized spacial score (nSPS) is 15.0. The summed E-state index contributed by atoms with van der Waals surface area (Å²) in [6, 6.07) is 19.4. The molecule has 0 radical (unpaired) electrons. The second-order valence-corrected chi connectivity index (χ2v) is 9.32. The first kappa shape index (κ1) is 22.3. The number of carbonyl (C=O) groups excluding carboxylic acids is 1. The Bertz CT molecular complexity index is 1670. The van der Waals surface area contributed by atoms with E-state index in [1.807, 2.05) is 56.3 Å². The zero-order valence-corrected chi connectivity index (χ0v) is 20.5. The van der Waals surface area contributed by atoms with Gasteiger partial charge in [0.15, 0.2) is 10.6 Å². The molecule has 7 nitrogen and oxygen atoms in total. The smallest absolute Gasteiger partial charge is 0.297 e. The molecule has 0 N–H and O–H groups in total. The molecule has 8 heteroatoms. The van der Waals surface area contributed by atoms with Crippen LogP contribution in [0.1, 0.15) is 41.6 Å². The fraction of sp³-hybridized carbons (Fsp3) is 0.179. The number of para-hydroxylation sites is 1. The van der Waals surface area contributed by atoms with Gasteiger partial charge in [0.1, 0.15) is 17.1 Å². The number of anilines is 1. The van der Waals surface area contributed by atoms with Crippen LogP contribution in [0.25, 0.3) is 21.2 Å². The van der Waals surface area contributed by atoms with Crippen LogP contribution in [-0.2, 0) is 0 Å². The fourth-order valence-electron chi connectivity index (χ4n) is 4.60. The topological polar surface area (TPSA) is 81.9 Å². The van der Waals surface area contributed by atoms with Crippen molar-refractivity contribution in [2.75, 3.05) is 18.1 Å². The molecule has 5 aromatic rings. The van der Waals surface area contributed by atoms with Crippen LogP contribution in [-0.4, -0.2) is 24.1 Å². The molecule has 1 aliphatic rings. The average molecular weight is 499 g/mol. The van der Waals surface area contributed by atoms with Crippen LogP contribution in [0.15, 0.2) is 75.9 Å². The minimum absolute atomic E-state index is 0.0480. The molecule has 0 spiro atoms. The van der Waals surface area contributed by atoms with E-state index in [1.54, 1.807) is 29.2 Å². The predicted molar refractivity (Wildman–Crippen MR) is 140 cm³/mol. The molecule has 0 unspecified atom stereocenters. The maximum absolute atomic E-state index is 13.8. The Morgan fingerprint density at radius 2 is 1.67 bits per heavy atom. The van der Waals surface area contributed by atoms with E-state index in [-0.39, 0.29) is 11.2 Å². The summed E-state index contributed by atoms with van der Waals surface area (Å²) in [4.78, 5) is 33.8. The van der Waals surface area contributed by atoms with Crippen LogP contribution >= 0.6 is 11.3 Å². The lowest BCUT2D eigenvalue weighted by molar-refractivity contribution is 0.0971. The van der Waals surface area contributed by atoms with Gasteiger partial charge in [-0.1, -0.05) is 35.6 Å². The minimum atomic E-state index is -0.684. The molecule has 0 fully saturated rings. The van der Waals surface area contributed by atoms with Crippen molar-refractivity contribution in [2.45, 2.75) is 19.9 Å². The van der Waals surface area contributed by atoms with Gasteiger partial charge in [-0.2, -0.15) is 0 Å². The first-order valence-corrected chi connectivity index (χ1v) is 12.6. The summed E-state index contributed by atoms with van der Waals surface area (Å²) < 4.78 is 18.1. The highest BCUT2D eigenvalue weighted by molar-refractivity contribution is 7.22. The van der Waals surface area contributed by atoms with Crippen molar-refractivity contribution >= 4 is 43.6 Å². The third-order valence-electron chi connectivity index (χ3n) is 6.15. The molecule has 3 aromatic carbocycles. The summed E-state index contributed by atoms with van der Waals surface area (Å²) in [6.07, 6.45) is 0. The molecule has 1 amide bonds. The highest BCUT2D eigenvalue weighted by Crippen LogP contribution is 2.44. The van der Waals surface area contributed by atoms with Crippen molar-refractivity contribution in [2.24, 2.45) is 0 Å². The van der Waals surface area contributed by atoms with Crippen LogP contribution in [0.5, 0.6) is 11.5 Å². The molecule has 1 atom stereocenters. The van der Waals surface area contributed by atoms with Crippen molar-refractivity contribution in [1.82, 2.24) is 4.98 Å². The number of amides is 1. The molecular weight excluding hydrogens is 476 g/mol. The Hall–Kier alpha value is -4.17. The van der Waals surface area contributed by atoms with Crippen LogP contribution < -0.4 is 19.8 Å². The van der Waals surface area contributed by atoms with Crippen LogP contribution in [0, 0.1) is 0 Å². The fourth-order valence-corrected chi connectivity index (χ4v) is 5.62. The molecule has 0 saturated heterocycles. The summed E-state index contributed by atoms with van der Waals surface area (Å²) in [5.74, 6) is 1.11. The van der Waals surface area contributed by atoms with Gasteiger partial charge in [-0.3, -0.25) is 14.5 Å². The average Bonchev–Trinajstić information content (AvgIpc) is 3.43. The molecule has 0 aliphatic carbocycles. The van der Waals surface area contributed by atoms with Crippen molar-refractivity contribution in [3.8, 4) is 11.5 Å². The van der Waals surface area contributed by atoms with E-state index in [9.17, 15) is 9.59 Å². The van der Waals surface area contributed by atoms with E-state index in [0.717, 1.165) is 21.5 Å². The van der Waals surface area contributed by atoms with Crippen molar-refractivity contribution in [1.29, 1.82) is 0 Å². The van der Waals surface area contributed by atoms with E-state index >= 15 is 0 Å². The second-order valence-electron chi connectivity index (χ2n) is 8.31. The first-order valence-electron chi connectivity index (χ1n) is 11.7. The van der Waals surface area contributed by atoms with Crippen LogP contribution in [0.3, 0.4) is 0 Å². The Kier molecular flexibility index (Phi) is 5.45. The van der Waals surface area contributed by atoms with Gasteiger partial charge in [-0.05, 0) is 61.9 Å². The van der Waals surface area contributed by atoms with Gasteiger partial charge in [0.2, 0.25) is 5.76 Å². The standard InChI is InChI=1S/C28H22N2O5S/c1-3-33-17-11-9-16(10-12-17)24-23-25(31)19-7-5-6-8-21(19)35-26(23)27(32)30(24)28-29-20-14-13-18(34-4-2)15-22(20)36-28/h5-15,24H,3-4H2,1-2H3/t24-/m0/s1. The molecule has 0 bridgehead atoms. The summed E-state index contributed by atoms with van der Waals surface area (Å²) in [5, 5.41) is 0.921. The van der Waals surface area contributed by atoms with E-state index in [4.69, 9.17) is 18.9 Å². The first-order chi connectivity index (χ1) is 17.6. The van der Waals surface area contributed by atoms with Gasteiger partial charge in [0, 0.05) is 0 Å². The molecule has 0 saturated carbocycles. The molecule has 1 aliphatic heterocycles. The number of thiazole rings is 1. The Morgan fingerprint density at radius 1 is 0.944 bits per heavy atom. The lowest BCUT2D eigenvalue weighted by atomic mass is 9.98. The highest BCUT2D eigenvalue weighted by atomic mass is 32.1. The number of hydrogen-bond donors (Lipinski definition) is 0. The third-order valence-corrected chi connectivity index (χ3v) is 7.17. The number of nitrogens with zero attached hydrogens (tertiary/aromatic N) is 2. The number of aromatic nitrogens is 1. The number of carbonyl (C=O) groups is 1. The number of benzene rings is 3. The Morgan fingerprint density at radius 3 is 2.44 bits per heavy atom. The maximum atomic E-state index is 13.8. The van der Waals surface area contributed by atoms with Gasteiger partial charge in [0.05, 0.1) is 40.4 Å². The lowest BCUT2D eigenvalue weighted by Gasteiger charge is -2.22. The molecule has 180 valence electrons. The van der Waals surface area contributed by atoms with E-state index in [2.05, 4.69) is 0 Å². The van der Waals surface area contributed by atoms with E-state index in [1.165, 1.54) is 11.3 Å². The molecule has 2 aromatic heterocycles. The molecule has 3 heterocycles. The van der Waals surface area contributed by atoms with E-state index < -0.39 is 11.9 Å². The Balaban J connectivity index is 1.55. The summed E-state index contributed by atoms with van der Waals surface area (Å²) in [7, 11) is 0. The van der Waals surface area contributed by atoms with Crippen LogP contribution in [0.4, 0.5) is 5.13 Å². The van der Waals surface area contributed by atoms with Crippen LogP contribution in [0.2, 0.25) is 0 Å². The highest BCUT2D eigenvalue weighted by Gasteiger charge is 2.45. The van der Waals surface area contributed by atoms with Gasteiger partial charge in [0.25, 0.3) is 5.91 Å². The van der Waals surface area contributed by atoms with Crippen molar-refractivity contribution < 1.29 is 18.7 Å². The number of fused-ring (bicyclic) bond motifs is 3. The van der Waals surface area contributed by atoms with Gasteiger partial charge < -0.3 is 13.9 Å².